The largest absolute Gasteiger partial charge is 0.326 e. The first-order valence-electron chi connectivity index (χ1n) is 8.97. The number of hydrogen-bond donors (Lipinski definition) is 3. The van der Waals surface area contributed by atoms with E-state index < -0.39 is 5.91 Å². The van der Waals surface area contributed by atoms with Gasteiger partial charge in [0, 0.05) is 29.6 Å². The van der Waals surface area contributed by atoms with Gasteiger partial charge in [0.05, 0.1) is 6.42 Å². The lowest BCUT2D eigenvalue weighted by molar-refractivity contribution is -0.115. The molecule has 0 bridgehead atoms. The smallest absolute Gasteiger partial charge is 0.271 e. The molecule has 7 nitrogen and oxygen atoms in total. The van der Waals surface area contributed by atoms with Gasteiger partial charge >= 0.3 is 0 Å². The molecule has 3 amide bonds. The summed E-state index contributed by atoms with van der Waals surface area (Å²) in [6.45, 7) is 5.15. The molecule has 0 aliphatic rings. The van der Waals surface area contributed by atoms with E-state index >= 15 is 0 Å². The van der Waals surface area contributed by atoms with Crippen LogP contribution in [-0.2, 0) is 16.0 Å². The highest BCUT2D eigenvalue weighted by Crippen LogP contribution is 2.11. The minimum atomic E-state index is -0.399. The van der Waals surface area contributed by atoms with Crippen LogP contribution in [0.3, 0.4) is 0 Å². The Kier molecular flexibility index (Phi) is 7.45. The molecule has 2 rings (SSSR count). The van der Waals surface area contributed by atoms with Crippen molar-refractivity contribution in [3.8, 4) is 0 Å². The normalized spacial score (nSPS) is 10.9. The fraction of sp³-hybridized carbons (Fsp3) is 0.238. The molecule has 0 aromatic heterocycles. The number of aryl methyl sites for hydroxylation is 1. The van der Waals surface area contributed by atoms with Gasteiger partial charge in [0.25, 0.3) is 5.91 Å². The third kappa shape index (κ3) is 6.68. The Hall–Kier alpha value is -3.48. The second kappa shape index (κ2) is 10.0. The Balaban J connectivity index is 1.85. The summed E-state index contributed by atoms with van der Waals surface area (Å²) in [6.07, 6.45) is 1.01. The lowest BCUT2D eigenvalue weighted by atomic mass is 10.1. The predicted octanol–water partition coefficient (Wildman–Crippen LogP) is 3.34. The number of carbonyl (C=O) groups excluding carboxylic acids is 3. The second-order valence-electron chi connectivity index (χ2n) is 6.32. The van der Waals surface area contributed by atoms with Crippen molar-refractivity contribution in [3.05, 3.63) is 59.7 Å². The van der Waals surface area contributed by atoms with Crippen molar-refractivity contribution in [3.63, 3.8) is 0 Å². The van der Waals surface area contributed by atoms with E-state index in [4.69, 9.17) is 0 Å². The number of benzene rings is 2. The molecule has 146 valence electrons. The highest BCUT2D eigenvalue weighted by atomic mass is 16.2. The number of nitrogens with zero attached hydrogens (tertiary/aromatic N) is 1. The van der Waals surface area contributed by atoms with Crippen LogP contribution >= 0.6 is 0 Å². The molecule has 3 N–H and O–H groups in total. The Morgan fingerprint density at radius 1 is 0.857 bits per heavy atom. The zero-order chi connectivity index (χ0) is 20.5. The average Bonchev–Trinajstić information content (AvgIpc) is 2.66. The van der Waals surface area contributed by atoms with E-state index in [-0.39, 0.29) is 18.2 Å². The van der Waals surface area contributed by atoms with E-state index in [0.29, 0.717) is 17.0 Å². The first-order chi connectivity index (χ1) is 13.4. The summed E-state index contributed by atoms with van der Waals surface area (Å²) in [4.78, 5) is 35.2. The molecular weight excluding hydrogens is 356 g/mol. The average molecular weight is 380 g/mol. The van der Waals surface area contributed by atoms with E-state index in [2.05, 4.69) is 28.1 Å². The summed E-state index contributed by atoms with van der Waals surface area (Å²) < 4.78 is 0. The fourth-order valence-electron chi connectivity index (χ4n) is 2.42. The minimum Gasteiger partial charge on any atom is -0.326 e. The molecule has 0 saturated heterocycles. The van der Waals surface area contributed by atoms with Gasteiger partial charge in [-0.15, -0.1) is 0 Å². The molecule has 2 aromatic rings. The zero-order valence-corrected chi connectivity index (χ0v) is 16.2. The Morgan fingerprint density at radius 3 is 2.00 bits per heavy atom. The Labute approximate surface area is 164 Å². The molecule has 0 fully saturated rings. The van der Waals surface area contributed by atoms with E-state index in [1.807, 2.05) is 24.3 Å². The van der Waals surface area contributed by atoms with Gasteiger partial charge in [-0.25, -0.2) is 5.43 Å². The van der Waals surface area contributed by atoms with Crippen molar-refractivity contribution in [1.82, 2.24) is 5.43 Å². The van der Waals surface area contributed by atoms with Gasteiger partial charge in [-0.2, -0.15) is 5.10 Å². The van der Waals surface area contributed by atoms with Gasteiger partial charge in [-0.1, -0.05) is 19.1 Å². The maximum atomic E-state index is 12.1. The third-order valence-corrected chi connectivity index (χ3v) is 3.88. The van der Waals surface area contributed by atoms with Gasteiger partial charge < -0.3 is 10.6 Å². The monoisotopic (exact) mass is 380 g/mol. The summed E-state index contributed by atoms with van der Waals surface area (Å²) in [6, 6.07) is 14.1. The molecule has 28 heavy (non-hydrogen) atoms. The second-order valence-corrected chi connectivity index (χ2v) is 6.32. The molecule has 0 spiro atoms. The van der Waals surface area contributed by atoms with Crippen molar-refractivity contribution in [2.24, 2.45) is 5.10 Å². The van der Waals surface area contributed by atoms with Crippen LogP contribution < -0.4 is 16.1 Å². The van der Waals surface area contributed by atoms with Gasteiger partial charge in [0.15, 0.2) is 0 Å². The van der Waals surface area contributed by atoms with Crippen LogP contribution in [0.15, 0.2) is 53.6 Å². The highest BCUT2D eigenvalue weighted by Gasteiger charge is 2.08. The molecule has 7 heteroatoms. The summed E-state index contributed by atoms with van der Waals surface area (Å²) in [5.41, 5.74) is 5.82. The van der Waals surface area contributed by atoms with E-state index in [0.717, 1.165) is 12.1 Å². The molecule has 0 unspecified atom stereocenters. The zero-order valence-electron chi connectivity index (χ0n) is 16.2. The van der Waals surface area contributed by atoms with E-state index in [9.17, 15) is 14.4 Å². The minimum absolute atomic E-state index is 0.0667. The van der Waals surface area contributed by atoms with Crippen LogP contribution in [0.2, 0.25) is 0 Å². The quantitative estimate of drug-likeness (QED) is 0.507. The maximum Gasteiger partial charge on any atom is 0.271 e. The fourth-order valence-corrected chi connectivity index (χ4v) is 2.42. The van der Waals surface area contributed by atoms with Gasteiger partial charge in [0.1, 0.15) is 0 Å². The van der Waals surface area contributed by atoms with Crippen LogP contribution in [0, 0.1) is 0 Å². The summed E-state index contributed by atoms with van der Waals surface area (Å²) >= 11 is 0. The first kappa shape index (κ1) is 20.8. The molecule has 0 radical (unpaired) electrons. The van der Waals surface area contributed by atoms with Crippen molar-refractivity contribution in [2.45, 2.75) is 33.6 Å². The number of rotatable bonds is 7. The van der Waals surface area contributed by atoms with Gasteiger partial charge in [-0.05, 0) is 55.3 Å². The number of nitrogens with one attached hydrogen (secondary N) is 3. The van der Waals surface area contributed by atoms with E-state index in [1.54, 1.807) is 31.2 Å². The maximum absolute atomic E-state index is 12.1. The number of carbonyl (C=O) groups is 3. The lowest BCUT2D eigenvalue weighted by Crippen LogP contribution is -2.21. The summed E-state index contributed by atoms with van der Waals surface area (Å²) in [5, 5.41) is 9.39. The van der Waals surface area contributed by atoms with Crippen LogP contribution in [-0.4, -0.2) is 23.4 Å². The number of hydrazone groups is 1. The molecule has 0 heterocycles. The van der Waals surface area contributed by atoms with Crippen LogP contribution in [0.25, 0.3) is 0 Å². The van der Waals surface area contributed by atoms with Crippen LogP contribution in [0.1, 0.15) is 43.1 Å². The van der Waals surface area contributed by atoms with Gasteiger partial charge in [0.2, 0.25) is 11.8 Å². The SMILES string of the molecule is CCc1ccc(NC(=O)C/C(C)=N/NC(=O)c2ccc(NC(C)=O)cc2)cc1. The molecule has 0 aliphatic heterocycles. The number of anilines is 2. The standard InChI is InChI=1S/C21H24N4O3/c1-4-16-5-9-19(10-6-16)23-20(27)13-14(2)24-25-21(28)17-7-11-18(12-8-17)22-15(3)26/h5-12H,4,13H2,1-3H3,(H,22,26)(H,23,27)(H,25,28)/b24-14+. The van der Waals surface area contributed by atoms with Crippen LogP contribution in [0.4, 0.5) is 11.4 Å². The predicted molar refractivity (Wildman–Crippen MR) is 110 cm³/mol. The summed E-state index contributed by atoms with van der Waals surface area (Å²) in [5.74, 6) is -0.791. The van der Waals surface area contributed by atoms with Gasteiger partial charge in [-0.3, -0.25) is 14.4 Å². The third-order valence-electron chi connectivity index (χ3n) is 3.88. The molecule has 0 atom stereocenters. The Bertz CT molecular complexity index is 872. The molecular formula is C21H24N4O3. The number of hydrogen-bond acceptors (Lipinski definition) is 4. The molecule has 2 aromatic carbocycles. The van der Waals surface area contributed by atoms with Crippen molar-refractivity contribution >= 4 is 34.8 Å². The number of amides is 3. The topological polar surface area (TPSA) is 99.7 Å². The Morgan fingerprint density at radius 2 is 1.43 bits per heavy atom. The van der Waals surface area contributed by atoms with Crippen molar-refractivity contribution in [2.75, 3.05) is 10.6 Å². The van der Waals surface area contributed by atoms with Crippen LogP contribution in [0.5, 0.6) is 0 Å². The molecule has 0 aliphatic carbocycles. The highest BCUT2D eigenvalue weighted by molar-refractivity contribution is 6.06. The van der Waals surface area contributed by atoms with Crippen molar-refractivity contribution in [1.29, 1.82) is 0 Å². The van der Waals surface area contributed by atoms with Crippen molar-refractivity contribution < 1.29 is 14.4 Å². The summed E-state index contributed by atoms with van der Waals surface area (Å²) in [7, 11) is 0. The lowest BCUT2D eigenvalue weighted by Gasteiger charge is -2.07. The first-order valence-corrected chi connectivity index (χ1v) is 8.97. The molecule has 0 saturated carbocycles. The van der Waals surface area contributed by atoms with E-state index in [1.165, 1.54) is 12.5 Å².